The van der Waals surface area contributed by atoms with Gasteiger partial charge in [0.2, 0.25) is 0 Å². The second-order valence-electron chi connectivity index (χ2n) is 5.02. The highest BCUT2D eigenvalue weighted by Crippen LogP contribution is 2.43. The van der Waals surface area contributed by atoms with Crippen LogP contribution in [0.3, 0.4) is 0 Å². The van der Waals surface area contributed by atoms with E-state index in [1.807, 2.05) is 0 Å². The van der Waals surface area contributed by atoms with Gasteiger partial charge in [-0.05, 0) is 43.9 Å². The molecule has 2 nitrogen and oxygen atoms in total. The van der Waals surface area contributed by atoms with Crippen molar-refractivity contribution in [2.24, 2.45) is 17.6 Å². The number of hydrogen-bond donors (Lipinski definition) is 1. The molecule has 2 heteroatoms. The molecule has 0 aromatic heterocycles. The average molecular weight is 197 g/mol. The van der Waals surface area contributed by atoms with Gasteiger partial charge in [0, 0.05) is 12.6 Å². The maximum absolute atomic E-state index is 6.02. The third kappa shape index (κ3) is 2.12. The fourth-order valence-electron chi connectivity index (χ4n) is 3.16. The zero-order valence-electron chi connectivity index (χ0n) is 9.24. The van der Waals surface area contributed by atoms with Crippen molar-refractivity contribution in [2.75, 3.05) is 6.61 Å². The second-order valence-corrected chi connectivity index (χ2v) is 5.02. The lowest BCUT2D eigenvalue weighted by atomic mass is 9.83. The van der Waals surface area contributed by atoms with Gasteiger partial charge in [0.15, 0.2) is 0 Å². The maximum Gasteiger partial charge on any atom is 0.0632 e. The average Bonchev–Trinajstić information content (AvgIpc) is 2.42. The van der Waals surface area contributed by atoms with Crippen molar-refractivity contribution >= 4 is 0 Å². The molecule has 14 heavy (non-hydrogen) atoms. The highest BCUT2D eigenvalue weighted by molar-refractivity contribution is 4.94. The van der Waals surface area contributed by atoms with Crippen LogP contribution in [0.1, 0.15) is 45.4 Å². The summed E-state index contributed by atoms with van der Waals surface area (Å²) in [5.74, 6) is 1.56. The Hall–Kier alpha value is -0.0800. The molecule has 4 atom stereocenters. The van der Waals surface area contributed by atoms with E-state index in [-0.39, 0.29) is 0 Å². The normalized spacial score (nSPS) is 41.6. The van der Waals surface area contributed by atoms with Gasteiger partial charge in [0.25, 0.3) is 0 Å². The molecule has 2 fully saturated rings. The second kappa shape index (κ2) is 4.63. The maximum atomic E-state index is 6.02. The van der Waals surface area contributed by atoms with Crippen molar-refractivity contribution in [3.05, 3.63) is 0 Å². The molecule has 0 radical (unpaired) electrons. The smallest absolute Gasteiger partial charge is 0.0632 e. The quantitative estimate of drug-likeness (QED) is 0.702. The van der Waals surface area contributed by atoms with Gasteiger partial charge in [-0.2, -0.15) is 0 Å². The molecule has 0 saturated heterocycles. The SMILES string of the molecule is CCCCO[C@@H]1[C@@H]2CC[C@H]1CC(N)C2. The topological polar surface area (TPSA) is 35.2 Å². The Bertz CT molecular complexity index is 169. The molecule has 0 aromatic carbocycles. The van der Waals surface area contributed by atoms with Gasteiger partial charge < -0.3 is 10.5 Å². The van der Waals surface area contributed by atoms with Crippen LogP contribution in [0.2, 0.25) is 0 Å². The van der Waals surface area contributed by atoms with E-state index in [1.165, 1.54) is 38.5 Å². The fraction of sp³-hybridized carbons (Fsp3) is 1.00. The first-order chi connectivity index (χ1) is 6.81. The van der Waals surface area contributed by atoms with Crippen LogP contribution in [0.25, 0.3) is 0 Å². The lowest BCUT2D eigenvalue weighted by Crippen LogP contribution is -2.39. The first-order valence-corrected chi connectivity index (χ1v) is 6.18. The Morgan fingerprint density at radius 3 is 2.43 bits per heavy atom. The number of rotatable bonds is 4. The predicted molar refractivity (Wildman–Crippen MR) is 58.1 cm³/mol. The van der Waals surface area contributed by atoms with E-state index in [4.69, 9.17) is 10.5 Å². The van der Waals surface area contributed by atoms with Gasteiger partial charge in [-0.15, -0.1) is 0 Å². The molecule has 2 N–H and O–H groups in total. The zero-order valence-corrected chi connectivity index (χ0v) is 9.24. The minimum Gasteiger partial charge on any atom is -0.378 e. The standard InChI is InChI=1S/C12H23NO/c1-2-3-6-14-12-9-4-5-10(12)8-11(13)7-9/h9-12H,2-8,13H2,1H3/t9-,10+,11?,12-. The van der Waals surface area contributed by atoms with Crippen molar-refractivity contribution in [3.63, 3.8) is 0 Å². The molecule has 0 aromatic rings. The first kappa shape index (κ1) is 10.4. The molecule has 0 aliphatic heterocycles. The van der Waals surface area contributed by atoms with Crippen molar-refractivity contribution < 1.29 is 4.74 Å². The van der Waals surface area contributed by atoms with Crippen LogP contribution >= 0.6 is 0 Å². The van der Waals surface area contributed by atoms with Gasteiger partial charge in [-0.3, -0.25) is 0 Å². The Morgan fingerprint density at radius 2 is 1.86 bits per heavy atom. The molecule has 0 spiro atoms. The van der Waals surface area contributed by atoms with Crippen LogP contribution in [0.5, 0.6) is 0 Å². The molecule has 2 saturated carbocycles. The Kier molecular flexibility index (Phi) is 3.45. The summed E-state index contributed by atoms with van der Waals surface area (Å²) in [5, 5.41) is 0. The summed E-state index contributed by atoms with van der Waals surface area (Å²) in [6.45, 7) is 3.18. The summed E-state index contributed by atoms with van der Waals surface area (Å²) >= 11 is 0. The zero-order chi connectivity index (χ0) is 9.97. The number of fused-ring (bicyclic) bond motifs is 2. The van der Waals surface area contributed by atoms with Gasteiger partial charge in [0.1, 0.15) is 0 Å². The number of ether oxygens (including phenoxy) is 1. The highest BCUT2D eigenvalue weighted by atomic mass is 16.5. The van der Waals surface area contributed by atoms with Crippen molar-refractivity contribution in [1.82, 2.24) is 0 Å². The fourth-order valence-corrected chi connectivity index (χ4v) is 3.16. The molecule has 82 valence electrons. The van der Waals surface area contributed by atoms with E-state index in [9.17, 15) is 0 Å². The lowest BCUT2D eigenvalue weighted by molar-refractivity contribution is -0.0238. The number of nitrogens with two attached hydrogens (primary N) is 1. The molecule has 2 aliphatic rings. The summed E-state index contributed by atoms with van der Waals surface area (Å²) < 4.78 is 6.00. The first-order valence-electron chi connectivity index (χ1n) is 6.18. The summed E-state index contributed by atoms with van der Waals surface area (Å²) in [5.41, 5.74) is 6.02. The van der Waals surface area contributed by atoms with Gasteiger partial charge >= 0.3 is 0 Å². The summed E-state index contributed by atoms with van der Waals surface area (Å²) in [6.07, 6.45) is 8.12. The van der Waals surface area contributed by atoms with E-state index < -0.39 is 0 Å². The molecular weight excluding hydrogens is 174 g/mol. The number of unbranched alkanes of at least 4 members (excludes halogenated alkanes) is 1. The molecule has 2 aliphatic carbocycles. The van der Waals surface area contributed by atoms with Crippen LogP contribution in [0.4, 0.5) is 0 Å². The lowest BCUT2D eigenvalue weighted by Gasteiger charge is -2.33. The molecule has 2 bridgehead atoms. The van der Waals surface area contributed by atoms with E-state index in [2.05, 4.69) is 6.92 Å². The minimum absolute atomic E-state index is 0.457. The summed E-state index contributed by atoms with van der Waals surface area (Å²) in [6, 6.07) is 0.457. The molecule has 0 amide bonds. The summed E-state index contributed by atoms with van der Waals surface area (Å²) in [4.78, 5) is 0. The van der Waals surface area contributed by atoms with Crippen LogP contribution in [-0.2, 0) is 4.74 Å². The molecular formula is C12H23NO. The van der Waals surface area contributed by atoms with Crippen molar-refractivity contribution in [1.29, 1.82) is 0 Å². The third-order valence-electron chi connectivity index (χ3n) is 3.86. The van der Waals surface area contributed by atoms with Gasteiger partial charge in [-0.1, -0.05) is 13.3 Å². The largest absolute Gasteiger partial charge is 0.378 e. The monoisotopic (exact) mass is 197 g/mol. The van der Waals surface area contributed by atoms with Crippen molar-refractivity contribution in [3.8, 4) is 0 Å². The molecule has 0 heterocycles. The van der Waals surface area contributed by atoms with E-state index >= 15 is 0 Å². The third-order valence-corrected chi connectivity index (χ3v) is 3.86. The Morgan fingerprint density at radius 1 is 1.21 bits per heavy atom. The van der Waals surface area contributed by atoms with E-state index in [1.54, 1.807) is 0 Å². The van der Waals surface area contributed by atoms with Gasteiger partial charge in [-0.25, -0.2) is 0 Å². The van der Waals surface area contributed by atoms with Crippen LogP contribution in [0, 0.1) is 11.8 Å². The predicted octanol–water partition coefficient (Wildman–Crippen LogP) is 2.32. The summed E-state index contributed by atoms with van der Waals surface area (Å²) in [7, 11) is 0. The van der Waals surface area contributed by atoms with Crippen LogP contribution in [-0.4, -0.2) is 18.8 Å². The van der Waals surface area contributed by atoms with Crippen LogP contribution in [0.15, 0.2) is 0 Å². The van der Waals surface area contributed by atoms with E-state index in [0.29, 0.717) is 12.1 Å². The minimum atomic E-state index is 0.457. The molecule has 1 unspecified atom stereocenters. The van der Waals surface area contributed by atoms with Crippen molar-refractivity contribution in [2.45, 2.75) is 57.6 Å². The Labute approximate surface area is 87.2 Å². The van der Waals surface area contributed by atoms with E-state index in [0.717, 1.165) is 18.4 Å². The highest BCUT2D eigenvalue weighted by Gasteiger charge is 2.42. The molecule has 2 rings (SSSR count). The van der Waals surface area contributed by atoms with Crippen LogP contribution < -0.4 is 5.73 Å². The van der Waals surface area contributed by atoms with Gasteiger partial charge in [0.05, 0.1) is 6.10 Å². The Balaban J connectivity index is 1.82. The number of hydrogen-bond acceptors (Lipinski definition) is 2.